The highest BCUT2D eigenvalue weighted by atomic mass is 35.5. The van der Waals surface area contributed by atoms with Crippen molar-refractivity contribution in [1.82, 2.24) is 25.2 Å². The highest BCUT2D eigenvalue weighted by Gasteiger charge is 2.22. The molecule has 2 N–H and O–H groups in total. The molecule has 0 saturated carbocycles. The highest BCUT2D eigenvalue weighted by Crippen LogP contribution is 2.24. The van der Waals surface area contributed by atoms with Gasteiger partial charge in [0.25, 0.3) is 5.91 Å². The van der Waals surface area contributed by atoms with E-state index in [1.807, 2.05) is 12.1 Å². The first-order valence-corrected chi connectivity index (χ1v) is 9.13. The van der Waals surface area contributed by atoms with Crippen LogP contribution in [0.25, 0.3) is 11.3 Å². The van der Waals surface area contributed by atoms with Gasteiger partial charge >= 0.3 is 0 Å². The third kappa shape index (κ3) is 4.35. The third-order valence-corrected chi connectivity index (χ3v) is 4.80. The van der Waals surface area contributed by atoms with Crippen molar-refractivity contribution in [2.24, 2.45) is 7.05 Å². The number of piperidine rings is 1. The van der Waals surface area contributed by atoms with Crippen molar-refractivity contribution < 1.29 is 9.32 Å². The quantitative estimate of drug-likeness (QED) is 0.669. The predicted molar refractivity (Wildman–Crippen MR) is 108 cm³/mol. The highest BCUT2D eigenvalue weighted by molar-refractivity contribution is 6.30. The largest absolute Gasteiger partial charge is 0.350 e. The Labute approximate surface area is 173 Å². The number of rotatable bonds is 4. The van der Waals surface area contributed by atoms with Crippen molar-refractivity contribution in [3.8, 4) is 11.3 Å². The minimum atomic E-state index is -0.428. The van der Waals surface area contributed by atoms with Crippen LogP contribution < -0.4 is 10.6 Å². The molecule has 0 spiro atoms. The van der Waals surface area contributed by atoms with E-state index in [2.05, 4.69) is 25.9 Å². The number of aryl methyl sites for hydroxylation is 1. The van der Waals surface area contributed by atoms with Gasteiger partial charge in [-0.3, -0.25) is 10.1 Å². The summed E-state index contributed by atoms with van der Waals surface area (Å²) < 4.78 is 6.76. The molecule has 1 saturated heterocycles. The molecule has 28 heavy (non-hydrogen) atoms. The molecular formula is C18H20Cl2N6O2. The predicted octanol–water partition coefficient (Wildman–Crippen LogP) is 3.26. The van der Waals surface area contributed by atoms with E-state index in [4.69, 9.17) is 16.1 Å². The van der Waals surface area contributed by atoms with Crippen LogP contribution in [0.15, 0.2) is 34.9 Å². The molecule has 1 amide bonds. The summed E-state index contributed by atoms with van der Waals surface area (Å²) in [4.78, 5) is 17.0. The molecule has 10 heteroatoms. The first kappa shape index (κ1) is 20.3. The lowest BCUT2D eigenvalue weighted by molar-refractivity contribution is 0.0986. The van der Waals surface area contributed by atoms with Crippen LogP contribution in [-0.2, 0) is 7.05 Å². The van der Waals surface area contributed by atoms with Gasteiger partial charge < -0.3 is 9.84 Å². The van der Waals surface area contributed by atoms with E-state index in [0.717, 1.165) is 37.3 Å². The second-order valence-electron chi connectivity index (χ2n) is 6.48. The summed E-state index contributed by atoms with van der Waals surface area (Å²) in [6.07, 6.45) is 1.98. The zero-order chi connectivity index (χ0) is 18.8. The summed E-state index contributed by atoms with van der Waals surface area (Å²) in [5.74, 6) is 1.11. The van der Waals surface area contributed by atoms with Gasteiger partial charge in [-0.1, -0.05) is 28.9 Å². The minimum absolute atomic E-state index is 0. The number of hydrogen-bond donors (Lipinski definition) is 2. The molecular weight excluding hydrogens is 403 g/mol. The monoisotopic (exact) mass is 422 g/mol. The van der Waals surface area contributed by atoms with E-state index in [0.29, 0.717) is 22.6 Å². The fourth-order valence-electron chi connectivity index (χ4n) is 3.10. The number of aromatic nitrogens is 4. The van der Waals surface area contributed by atoms with Crippen LogP contribution in [0.1, 0.15) is 35.1 Å². The lowest BCUT2D eigenvalue weighted by atomic mass is 9.98. The summed E-state index contributed by atoms with van der Waals surface area (Å²) in [7, 11) is 1.75. The molecule has 1 aliphatic heterocycles. The average molecular weight is 423 g/mol. The minimum Gasteiger partial charge on any atom is -0.350 e. The number of hydrogen-bond acceptors (Lipinski definition) is 6. The topological polar surface area (TPSA) is 97.9 Å². The number of anilines is 1. The number of nitrogens with zero attached hydrogens (tertiary/aromatic N) is 4. The maximum absolute atomic E-state index is 12.5. The van der Waals surface area contributed by atoms with Gasteiger partial charge in [0.05, 0.1) is 0 Å². The Kier molecular flexibility index (Phi) is 6.33. The van der Waals surface area contributed by atoms with E-state index < -0.39 is 5.91 Å². The Bertz CT molecular complexity index is 965. The molecule has 3 aromatic rings. The summed E-state index contributed by atoms with van der Waals surface area (Å²) in [6, 6.07) is 8.76. The van der Waals surface area contributed by atoms with Gasteiger partial charge in [0, 0.05) is 29.6 Å². The van der Waals surface area contributed by atoms with Gasteiger partial charge in [0.15, 0.2) is 5.82 Å². The van der Waals surface area contributed by atoms with Crippen LogP contribution in [0, 0.1) is 0 Å². The van der Waals surface area contributed by atoms with Crippen LogP contribution in [0.4, 0.5) is 5.95 Å². The van der Waals surface area contributed by atoms with Gasteiger partial charge in [-0.2, -0.15) is 10.1 Å². The summed E-state index contributed by atoms with van der Waals surface area (Å²) in [5.41, 5.74) is 1.31. The van der Waals surface area contributed by atoms with E-state index in [1.54, 1.807) is 29.9 Å². The van der Waals surface area contributed by atoms with Crippen molar-refractivity contribution in [3.05, 3.63) is 46.9 Å². The fraction of sp³-hybridized carbons (Fsp3) is 0.333. The maximum Gasteiger partial charge on any atom is 0.296 e. The Hall–Kier alpha value is -2.42. The molecule has 8 nitrogen and oxygen atoms in total. The number of amides is 1. The van der Waals surface area contributed by atoms with Gasteiger partial charge in [0.1, 0.15) is 5.69 Å². The lowest BCUT2D eigenvalue weighted by Gasteiger charge is -2.19. The van der Waals surface area contributed by atoms with Crippen LogP contribution in [0.2, 0.25) is 5.02 Å². The summed E-state index contributed by atoms with van der Waals surface area (Å²) >= 11 is 6.00. The Morgan fingerprint density at radius 2 is 2.11 bits per heavy atom. The van der Waals surface area contributed by atoms with Crippen molar-refractivity contribution >= 4 is 35.9 Å². The number of halogens is 2. The molecule has 1 aromatic carbocycles. The number of nitrogens with one attached hydrogen (secondary N) is 2. The number of carbonyl (C=O) groups is 1. The maximum atomic E-state index is 12.5. The second-order valence-corrected chi connectivity index (χ2v) is 6.92. The zero-order valence-corrected chi connectivity index (χ0v) is 16.8. The van der Waals surface area contributed by atoms with Gasteiger partial charge in [-0.05, 0) is 38.1 Å². The average Bonchev–Trinajstić information content (AvgIpc) is 3.30. The van der Waals surface area contributed by atoms with E-state index >= 15 is 0 Å². The van der Waals surface area contributed by atoms with E-state index in [1.165, 1.54) is 0 Å². The summed E-state index contributed by atoms with van der Waals surface area (Å²) in [6.45, 7) is 1.91. The Balaban J connectivity index is 0.00000225. The smallest absolute Gasteiger partial charge is 0.296 e. The van der Waals surface area contributed by atoms with Crippen molar-refractivity contribution in [3.63, 3.8) is 0 Å². The molecule has 0 bridgehead atoms. The first-order chi connectivity index (χ1) is 13.1. The molecule has 0 aliphatic carbocycles. The summed E-state index contributed by atoms with van der Waals surface area (Å²) in [5, 5.41) is 15.0. The van der Waals surface area contributed by atoms with Crippen LogP contribution in [0.3, 0.4) is 0 Å². The van der Waals surface area contributed by atoms with E-state index in [9.17, 15) is 4.79 Å². The van der Waals surface area contributed by atoms with Crippen molar-refractivity contribution in [2.75, 3.05) is 18.4 Å². The third-order valence-electron chi connectivity index (χ3n) is 4.56. The first-order valence-electron chi connectivity index (χ1n) is 8.76. The zero-order valence-electron chi connectivity index (χ0n) is 15.2. The van der Waals surface area contributed by atoms with Crippen molar-refractivity contribution in [1.29, 1.82) is 0 Å². The lowest BCUT2D eigenvalue weighted by Crippen LogP contribution is -2.27. The molecule has 0 atom stereocenters. The molecule has 0 radical (unpaired) electrons. The molecule has 3 heterocycles. The van der Waals surface area contributed by atoms with E-state index in [-0.39, 0.29) is 18.2 Å². The van der Waals surface area contributed by atoms with Gasteiger partial charge in [-0.15, -0.1) is 12.4 Å². The van der Waals surface area contributed by atoms with Crippen molar-refractivity contribution in [2.45, 2.75) is 18.8 Å². The molecule has 4 rings (SSSR count). The van der Waals surface area contributed by atoms with Crippen LogP contribution in [0.5, 0.6) is 0 Å². The fourth-order valence-corrected chi connectivity index (χ4v) is 3.29. The molecule has 1 fully saturated rings. The van der Waals surface area contributed by atoms with Crippen LogP contribution >= 0.6 is 24.0 Å². The van der Waals surface area contributed by atoms with Gasteiger partial charge in [0.2, 0.25) is 11.7 Å². The number of benzene rings is 1. The molecule has 0 unspecified atom stereocenters. The second kappa shape index (κ2) is 8.72. The Morgan fingerprint density at radius 3 is 2.86 bits per heavy atom. The standard InChI is InChI=1S/C18H19ClN6O2.ClH/c1-25-18(21-16(23-25)11-5-7-20-8-6-11)22-17(26)15-10-14(24-27-15)12-3-2-4-13(19)9-12;/h2-4,9-11,20H,5-8H2,1H3,(H,21,22,23,26);1H. The molecule has 2 aromatic heterocycles. The molecule has 1 aliphatic rings. The SMILES string of the molecule is Cl.Cn1nc(C2CCNCC2)nc1NC(=O)c1cc(-c2cccc(Cl)c2)no1. The Morgan fingerprint density at radius 1 is 1.32 bits per heavy atom. The molecule has 148 valence electrons. The van der Waals surface area contributed by atoms with Crippen LogP contribution in [-0.4, -0.2) is 38.9 Å². The van der Waals surface area contributed by atoms with Gasteiger partial charge in [-0.25, -0.2) is 4.68 Å². The normalized spacial score (nSPS) is 14.5. The number of carbonyl (C=O) groups excluding carboxylic acids is 1.